The Balaban J connectivity index is 1.38. The molecule has 2 N–H and O–H groups in total. The molecule has 0 radical (unpaired) electrons. The molecule has 2 aromatic carbocycles. The highest BCUT2D eigenvalue weighted by Gasteiger charge is 2.27. The summed E-state index contributed by atoms with van der Waals surface area (Å²) < 4.78 is 13.9. The number of H-pyrrole nitrogens is 2. The van der Waals surface area contributed by atoms with Gasteiger partial charge in [-0.3, -0.25) is 29.2 Å². The van der Waals surface area contributed by atoms with Gasteiger partial charge in [0.05, 0.1) is 29.1 Å². The molecule has 7 rings (SSSR count). The van der Waals surface area contributed by atoms with Crippen molar-refractivity contribution >= 4 is 21.9 Å². The summed E-state index contributed by atoms with van der Waals surface area (Å²) in [7, 11) is 1.78. The highest BCUT2D eigenvalue weighted by Crippen LogP contribution is 2.31. The van der Waals surface area contributed by atoms with Crippen LogP contribution >= 0.6 is 0 Å². The number of fused-ring (bicyclic) bond motifs is 5. The van der Waals surface area contributed by atoms with Crippen molar-refractivity contribution in [3.05, 3.63) is 56.6 Å². The molecule has 10 nitrogen and oxygen atoms in total. The van der Waals surface area contributed by atoms with Gasteiger partial charge in [0.25, 0.3) is 11.1 Å². The predicted molar refractivity (Wildman–Crippen MR) is 145 cm³/mol. The molecule has 4 aromatic rings. The van der Waals surface area contributed by atoms with Gasteiger partial charge in [-0.1, -0.05) is 12.1 Å². The summed E-state index contributed by atoms with van der Waals surface area (Å²) in [5.74, 6) is 0.692. The summed E-state index contributed by atoms with van der Waals surface area (Å²) >= 11 is 0. The predicted octanol–water partition coefficient (Wildman–Crippen LogP) is 2.31. The van der Waals surface area contributed by atoms with E-state index in [4.69, 9.17) is 14.5 Å². The summed E-state index contributed by atoms with van der Waals surface area (Å²) in [6.07, 6.45) is 3.34. The number of nitrogens with one attached hydrogen (secondary N) is 2. The van der Waals surface area contributed by atoms with E-state index in [2.05, 4.69) is 25.9 Å². The molecule has 0 amide bonds. The van der Waals surface area contributed by atoms with E-state index in [1.807, 2.05) is 12.1 Å². The summed E-state index contributed by atoms with van der Waals surface area (Å²) in [5, 5.41) is 3.81. The Hall–Kier alpha value is -3.47. The smallest absolute Gasteiger partial charge is 0.275 e. The summed E-state index contributed by atoms with van der Waals surface area (Å²) in [6, 6.07) is 9.53. The molecule has 2 fully saturated rings. The molecule has 1 unspecified atom stereocenters. The van der Waals surface area contributed by atoms with Crippen LogP contribution in [0.1, 0.15) is 24.8 Å². The molecule has 198 valence electrons. The highest BCUT2D eigenvalue weighted by molar-refractivity contribution is 5.93. The lowest BCUT2D eigenvalue weighted by molar-refractivity contribution is 0.0285. The monoisotopic (exact) mass is 516 g/mol. The van der Waals surface area contributed by atoms with Crippen molar-refractivity contribution in [1.82, 2.24) is 29.5 Å². The number of piperidine rings is 1. The van der Waals surface area contributed by atoms with Gasteiger partial charge in [0.2, 0.25) is 0 Å². The first-order chi connectivity index (χ1) is 18.6. The Morgan fingerprint density at radius 3 is 2.92 bits per heavy atom. The van der Waals surface area contributed by atoms with Crippen LogP contribution in [0, 0.1) is 0 Å². The number of para-hydroxylation sites is 1. The second kappa shape index (κ2) is 9.37. The minimum atomic E-state index is -0.293. The van der Waals surface area contributed by atoms with E-state index in [0.29, 0.717) is 39.8 Å². The van der Waals surface area contributed by atoms with Gasteiger partial charge in [0.15, 0.2) is 0 Å². The first-order valence-electron chi connectivity index (χ1n) is 13.5. The summed E-state index contributed by atoms with van der Waals surface area (Å²) in [4.78, 5) is 39.2. The van der Waals surface area contributed by atoms with Crippen LogP contribution in [0.3, 0.4) is 0 Å². The van der Waals surface area contributed by atoms with Gasteiger partial charge in [0.1, 0.15) is 23.1 Å². The zero-order valence-electron chi connectivity index (χ0n) is 21.5. The third-order valence-corrected chi connectivity index (χ3v) is 8.23. The number of hydrogen-bond acceptors (Lipinski definition) is 7. The zero-order valence-corrected chi connectivity index (χ0v) is 21.5. The number of ether oxygens (including phenoxy) is 2. The normalized spacial score (nSPS) is 23.8. The molecular formula is C28H32N6O4. The van der Waals surface area contributed by atoms with Crippen LogP contribution in [-0.2, 0) is 17.8 Å². The van der Waals surface area contributed by atoms with E-state index in [-0.39, 0.29) is 29.0 Å². The average Bonchev–Trinajstić information content (AvgIpc) is 3.50. The molecule has 3 atom stereocenters. The number of rotatable bonds is 3. The number of likely N-dealkylation sites (tertiary alicyclic amines) is 1. The average molecular weight is 517 g/mol. The quantitative estimate of drug-likeness (QED) is 0.430. The molecule has 6 bridgehead atoms. The van der Waals surface area contributed by atoms with Crippen LogP contribution in [0.5, 0.6) is 5.75 Å². The summed E-state index contributed by atoms with van der Waals surface area (Å²) in [5.41, 5.74) is 3.50. The van der Waals surface area contributed by atoms with Gasteiger partial charge in [-0.15, -0.1) is 0 Å². The van der Waals surface area contributed by atoms with Crippen molar-refractivity contribution in [2.45, 2.75) is 44.6 Å². The fourth-order valence-corrected chi connectivity index (χ4v) is 6.24. The first-order valence-corrected chi connectivity index (χ1v) is 13.5. The van der Waals surface area contributed by atoms with E-state index in [0.717, 1.165) is 64.1 Å². The highest BCUT2D eigenvalue weighted by atomic mass is 16.5. The molecule has 5 heterocycles. The molecule has 10 heteroatoms. The number of hydrogen-bond donors (Lipinski definition) is 2. The largest absolute Gasteiger partial charge is 0.487 e. The van der Waals surface area contributed by atoms with Crippen LogP contribution in [0.25, 0.3) is 33.2 Å². The van der Waals surface area contributed by atoms with Gasteiger partial charge in [-0.2, -0.15) is 0 Å². The lowest BCUT2D eigenvalue weighted by Crippen LogP contribution is -2.38. The van der Waals surface area contributed by atoms with Crippen LogP contribution in [-0.4, -0.2) is 81.6 Å². The Kier molecular flexibility index (Phi) is 5.83. The molecule has 0 aliphatic carbocycles. The Labute approximate surface area is 219 Å². The van der Waals surface area contributed by atoms with E-state index in [9.17, 15) is 9.59 Å². The van der Waals surface area contributed by atoms with E-state index >= 15 is 0 Å². The lowest BCUT2D eigenvalue weighted by atomic mass is 10.1. The van der Waals surface area contributed by atoms with Crippen LogP contribution in [0.2, 0.25) is 0 Å². The maximum atomic E-state index is 13.4. The van der Waals surface area contributed by atoms with Gasteiger partial charge >= 0.3 is 0 Å². The standard InChI is InChI=1S/C28H32N6O4/c1-37-18-4-3-8-33(15-18)14-17-12-22-26-23(13-17)38-19-7-9-32(16-19)10-11-34-28(36)21-6-2-5-20(24(21)31-34)25(30-26)27(35)29-22/h2,5-6,12-13,18-19,31H,3-4,7-11,14-16H2,1H3,(H,29,35)/t18-,19+/m1/s1. The molecule has 2 saturated heterocycles. The van der Waals surface area contributed by atoms with Crippen molar-refractivity contribution in [3.63, 3.8) is 0 Å². The van der Waals surface area contributed by atoms with Crippen LogP contribution in [0.15, 0.2) is 39.9 Å². The van der Waals surface area contributed by atoms with Crippen molar-refractivity contribution in [2.75, 3.05) is 39.8 Å². The SMILES string of the molecule is CO[C@@H]1CCCN(Cc2cc3c4nc(c(=O)[nH]c4c2)-c2cccc4c(=O)n([nH]c24)CCN2CC[C@@H](C2)O3)C1. The van der Waals surface area contributed by atoms with E-state index < -0.39 is 0 Å². The summed E-state index contributed by atoms with van der Waals surface area (Å²) in [6.45, 7) is 5.63. The molecule has 3 aliphatic heterocycles. The van der Waals surface area contributed by atoms with Crippen molar-refractivity contribution in [3.8, 4) is 17.0 Å². The van der Waals surface area contributed by atoms with Gasteiger partial charge in [-0.25, -0.2) is 4.98 Å². The molecule has 3 aliphatic rings. The fraction of sp³-hybridized carbons (Fsp3) is 0.464. The number of methoxy groups -OCH3 is 1. The lowest BCUT2D eigenvalue weighted by Gasteiger charge is -2.32. The minimum absolute atomic E-state index is 0.0141. The Bertz CT molecular complexity index is 1640. The maximum Gasteiger partial charge on any atom is 0.275 e. The Morgan fingerprint density at radius 1 is 1.11 bits per heavy atom. The number of nitrogens with zero attached hydrogens (tertiary/aromatic N) is 4. The number of aromatic amines is 2. The van der Waals surface area contributed by atoms with E-state index in [1.54, 1.807) is 23.9 Å². The van der Waals surface area contributed by atoms with Crippen molar-refractivity contribution in [2.24, 2.45) is 0 Å². The zero-order chi connectivity index (χ0) is 25.8. The molecule has 0 saturated carbocycles. The van der Waals surface area contributed by atoms with Gasteiger partial charge in [-0.05, 0) is 49.6 Å². The fourth-order valence-electron chi connectivity index (χ4n) is 6.24. The molecular weight excluding hydrogens is 484 g/mol. The number of aromatic nitrogens is 4. The van der Waals surface area contributed by atoms with Crippen LogP contribution in [0.4, 0.5) is 0 Å². The second-order valence-electron chi connectivity index (χ2n) is 10.8. The molecule has 38 heavy (non-hydrogen) atoms. The topological polar surface area (TPSA) is 108 Å². The molecule has 2 aromatic heterocycles. The van der Waals surface area contributed by atoms with Crippen LogP contribution < -0.4 is 15.9 Å². The Morgan fingerprint density at radius 2 is 2.03 bits per heavy atom. The van der Waals surface area contributed by atoms with E-state index in [1.165, 1.54) is 0 Å². The van der Waals surface area contributed by atoms with Crippen molar-refractivity contribution < 1.29 is 9.47 Å². The first kappa shape index (κ1) is 23.6. The number of benzene rings is 2. The third-order valence-electron chi connectivity index (χ3n) is 8.23. The minimum Gasteiger partial charge on any atom is -0.487 e. The van der Waals surface area contributed by atoms with Gasteiger partial charge in [0, 0.05) is 45.4 Å². The van der Waals surface area contributed by atoms with Crippen molar-refractivity contribution in [1.29, 1.82) is 0 Å². The van der Waals surface area contributed by atoms with Gasteiger partial charge < -0.3 is 14.5 Å². The second-order valence-corrected chi connectivity index (χ2v) is 10.8. The molecule has 0 spiro atoms. The maximum absolute atomic E-state index is 13.4. The third kappa shape index (κ3) is 4.13.